The fraction of sp³-hybridized carbons (Fsp3) is 0.538. The van der Waals surface area contributed by atoms with Crippen LogP contribution in [0.25, 0.3) is 0 Å². The van der Waals surface area contributed by atoms with Crippen LogP contribution in [0.15, 0.2) is 18.2 Å². The summed E-state index contributed by atoms with van der Waals surface area (Å²) in [5.41, 5.74) is 2.64. The zero-order chi connectivity index (χ0) is 11.5. The standard InChI is InChI=1S/C13H20OS/c1-5-14-12-7-6-11(8-10(12)2)13(3,4)9-15/h6-8,15H,5,9H2,1-4H3. The Labute approximate surface area is 98.3 Å². The van der Waals surface area contributed by atoms with E-state index in [1.807, 2.05) is 6.92 Å². The van der Waals surface area contributed by atoms with Gasteiger partial charge in [-0.25, -0.2) is 0 Å². The van der Waals surface area contributed by atoms with E-state index in [2.05, 4.69) is 51.6 Å². The Balaban J connectivity index is 3.01. The lowest BCUT2D eigenvalue weighted by Crippen LogP contribution is -2.19. The molecule has 2 heteroatoms. The number of benzene rings is 1. The lowest BCUT2D eigenvalue weighted by atomic mass is 9.86. The normalized spacial score (nSPS) is 11.5. The van der Waals surface area contributed by atoms with E-state index in [4.69, 9.17) is 4.74 Å². The molecule has 15 heavy (non-hydrogen) atoms. The van der Waals surface area contributed by atoms with Gasteiger partial charge in [0.25, 0.3) is 0 Å². The highest BCUT2D eigenvalue weighted by Gasteiger charge is 2.19. The Hall–Kier alpha value is -0.630. The molecule has 0 fully saturated rings. The van der Waals surface area contributed by atoms with Gasteiger partial charge in [-0.05, 0) is 42.2 Å². The van der Waals surface area contributed by atoms with E-state index >= 15 is 0 Å². The third kappa shape index (κ3) is 2.91. The predicted molar refractivity (Wildman–Crippen MR) is 69.2 cm³/mol. The smallest absolute Gasteiger partial charge is 0.122 e. The molecule has 1 nitrogen and oxygen atoms in total. The molecular weight excluding hydrogens is 204 g/mol. The van der Waals surface area contributed by atoms with Crippen LogP contribution >= 0.6 is 12.6 Å². The SMILES string of the molecule is CCOc1ccc(C(C)(C)CS)cc1C. The van der Waals surface area contributed by atoms with Gasteiger partial charge in [-0.15, -0.1) is 0 Å². The maximum atomic E-state index is 5.52. The molecule has 0 amide bonds. The molecule has 0 atom stereocenters. The molecule has 1 aromatic carbocycles. The summed E-state index contributed by atoms with van der Waals surface area (Å²) in [5.74, 6) is 1.83. The van der Waals surface area contributed by atoms with Crippen molar-refractivity contribution in [3.05, 3.63) is 29.3 Å². The van der Waals surface area contributed by atoms with Crippen molar-refractivity contribution in [3.63, 3.8) is 0 Å². The molecule has 1 aromatic rings. The number of aryl methyl sites for hydroxylation is 1. The first-order chi connectivity index (χ1) is 7.01. The summed E-state index contributed by atoms with van der Waals surface area (Å²) in [7, 11) is 0. The third-order valence-corrected chi connectivity index (χ3v) is 3.44. The molecule has 84 valence electrons. The monoisotopic (exact) mass is 224 g/mol. The van der Waals surface area contributed by atoms with E-state index in [0.717, 1.165) is 18.1 Å². The molecule has 0 aromatic heterocycles. The largest absolute Gasteiger partial charge is 0.494 e. The summed E-state index contributed by atoms with van der Waals surface area (Å²) in [4.78, 5) is 0. The summed E-state index contributed by atoms with van der Waals surface area (Å²) in [6.45, 7) is 9.22. The predicted octanol–water partition coefficient (Wildman–Crippen LogP) is 3.60. The van der Waals surface area contributed by atoms with E-state index in [-0.39, 0.29) is 5.41 Å². The van der Waals surface area contributed by atoms with Crippen molar-refractivity contribution in [2.24, 2.45) is 0 Å². The highest BCUT2D eigenvalue weighted by atomic mass is 32.1. The molecule has 0 aliphatic carbocycles. The lowest BCUT2D eigenvalue weighted by Gasteiger charge is -2.23. The first-order valence-electron chi connectivity index (χ1n) is 5.36. The van der Waals surface area contributed by atoms with Crippen molar-refractivity contribution >= 4 is 12.6 Å². The molecule has 1 rings (SSSR count). The highest BCUT2D eigenvalue weighted by Crippen LogP contribution is 2.28. The third-order valence-electron chi connectivity index (χ3n) is 2.65. The number of hydrogen-bond acceptors (Lipinski definition) is 2. The molecule has 0 bridgehead atoms. The maximum Gasteiger partial charge on any atom is 0.122 e. The molecular formula is C13H20OS. The second-order valence-corrected chi connectivity index (χ2v) is 4.77. The topological polar surface area (TPSA) is 9.23 Å². The van der Waals surface area contributed by atoms with Crippen molar-refractivity contribution in [1.82, 2.24) is 0 Å². The van der Waals surface area contributed by atoms with E-state index in [1.54, 1.807) is 0 Å². The average Bonchev–Trinajstić information content (AvgIpc) is 2.21. The highest BCUT2D eigenvalue weighted by molar-refractivity contribution is 7.80. The zero-order valence-corrected chi connectivity index (χ0v) is 10.9. The number of hydrogen-bond donors (Lipinski definition) is 1. The van der Waals surface area contributed by atoms with Gasteiger partial charge < -0.3 is 4.74 Å². The summed E-state index contributed by atoms with van der Waals surface area (Å²) in [5, 5.41) is 0. The molecule has 0 aliphatic rings. The number of thiol groups is 1. The van der Waals surface area contributed by atoms with Crippen molar-refractivity contribution < 1.29 is 4.74 Å². The molecule has 0 unspecified atom stereocenters. The molecule has 0 heterocycles. The Bertz CT molecular complexity index is 331. The summed E-state index contributed by atoms with van der Waals surface area (Å²) < 4.78 is 5.52. The van der Waals surface area contributed by atoms with Gasteiger partial charge in [-0.2, -0.15) is 12.6 Å². The quantitative estimate of drug-likeness (QED) is 0.769. The van der Waals surface area contributed by atoms with Gasteiger partial charge in [0.2, 0.25) is 0 Å². The Kier molecular flexibility index (Phi) is 4.09. The molecule has 0 saturated heterocycles. The molecule has 0 aliphatic heterocycles. The van der Waals surface area contributed by atoms with Crippen LogP contribution in [0.5, 0.6) is 5.75 Å². The van der Waals surface area contributed by atoms with Crippen molar-refractivity contribution in [2.75, 3.05) is 12.4 Å². The summed E-state index contributed by atoms with van der Waals surface area (Å²) >= 11 is 4.38. The minimum absolute atomic E-state index is 0.124. The van der Waals surface area contributed by atoms with Crippen LogP contribution in [0.4, 0.5) is 0 Å². The second kappa shape index (κ2) is 4.93. The van der Waals surface area contributed by atoms with Gasteiger partial charge in [0, 0.05) is 0 Å². The minimum Gasteiger partial charge on any atom is -0.494 e. The summed E-state index contributed by atoms with van der Waals surface area (Å²) in [6, 6.07) is 6.38. The van der Waals surface area contributed by atoms with Gasteiger partial charge in [-0.1, -0.05) is 26.0 Å². The van der Waals surface area contributed by atoms with Crippen molar-refractivity contribution in [3.8, 4) is 5.75 Å². The molecule has 0 radical (unpaired) electrons. The van der Waals surface area contributed by atoms with E-state index in [9.17, 15) is 0 Å². The van der Waals surface area contributed by atoms with Gasteiger partial charge in [0.05, 0.1) is 6.61 Å². The van der Waals surface area contributed by atoms with E-state index < -0.39 is 0 Å². The van der Waals surface area contributed by atoms with Crippen LogP contribution in [-0.2, 0) is 5.41 Å². The van der Waals surface area contributed by atoms with Crippen LogP contribution < -0.4 is 4.74 Å². The fourth-order valence-corrected chi connectivity index (χ4v) is 1.66. The van der Waals surface area contributed by atoms with E-state index in [0.29, 0.717) is 0 Å². The Morgan fingerprint density at radius 3 is 2.47 bits per heavy atom. The van der Waals surface area contributed by atoms with Gasteiger partial charge in [0.1, 0.15) is 5.75 Å². The van der Waals surface area contributed by atoms with Gasteiger partial charge in [0.15, 0.2) is 0 Å². The number of rotatable bonds is 4. The maximum absolute atomic E-state index is 5.52. The average molecular weight is 224 g/mol. The Morgan fingerprint density at radius 2 is 2.00 bits per heavy atom. The van der Waals surface area contributed by atoms with Crippen molar-refractivity contribution in [2.45, 2.75) is 33.1 Å². The van der Waals surface area contributed by atoms with Crippen LogP contribution in [0.1, 0.15) is 31.9 Å². The van der Waals surface area contributed by atoms with Gasteiger partial charge in [-0.3, -0.25) is 0 Å². The van der Waals surface area contributed by atoms with Crippen LogP contribution in [0.3, 0.4) is 0 Å². The lowest BCUT2D eigenvalue weighted by molar-refractivity contribution is 0.337. The first-order valence-corrected chi connectivity index (χ1v) is 5.99. The van der Waals surface area contributed by atoms with Crippen LogP contribution in [0.2, 0.25) is 0 Å². The molecule has 0 spiro atoms. The zero-order valence-electron chi connectivity index (χ0n) is 10.0. The van der Waals surface area contributed by atoms with E-state index in [1.165, 1.54) is 11.1 Å². The van der Waals surface area contributed by atoms with Gasteiger partial charge >= 0.3 is 0 Å². The number of ether oxygens (including phenoxy) is 1. The van der Waals surface area contributed by atoms with Crippen LogP contribution in [-0.4, -0.2) is 12.4 Å². The molecule has 0 saturated carbocycles. The summed E-state index contributed by atoms with van der Waals surface area (Å²) in [6.07, 6.45) is 0. The van der Waals surface area contributed by atoms with Crippen LogP contribution in [0, 0.1) is 6.92 Å². The first kappa shape index (κ1) is 12.4. The van der Waals surface area contributed by atoms with Crippen molar-refractivity contribution in [1.29, 1.82) is 0 Å². The minimum atomic E-state index is 0.124. The Morgan fingerprint density at radius 1 is 1.33 bits per heavy atom. The second-order valence-electron chi connectivity index (χ2n) is 4.46. The fourth-order valence-electron chi connectivity index (χ4n) is 1.48. The molecule has 0 N–H and O–H groups in total.